The molecule has 5 fully saturated rings. The molecule has 2 spiro atoms. The number of aliphatic hydroxyl groups is 2. The van der Waals surface area contributed by atoms with Crippen molar-refractivity contribution in [2.45, 2.75) is 80.4 Å². The number of aliphatic hydroxyl groups excluding tert-OH is 2. The molecule has 1 unspecified atom stereocenters. The van der Waals surface area contributed by atoms with Crippen molar-refractivity contribution in [1.82, 2.24) is 9.80 Å². The van der Waals surface area contributed by atoms with E-state index < -0.39 is 0 Å². The minimum Gasteiger partial charge on any atom is -0.396 e. The molecule has 8 aliphatic rings. The van der Waals surface area contributed by atoms with Crippen molar-refractivity contribution < 1.29 is 10.2 Å². The summed E-state index contributed by atoms with van der Waals surface area (Å²) in [7, 11) is 0. The van der Waals surface area contributed by atoms with Gasteiger partial charge in [0, 0.05) is 90.4 Å². The first-order chi connectivity index (χ1) is 21.5. The van der Waals surface area contributed by atoms with E-state index in [2.05, 4.69) is 89.0 Å². The molecule has 230 valence electrons. The molecule has 6 aliphatic heterocycles. The number of hydrogen-bond acceptors (Lipinski definition) is 6. The van der Waals surface area contributed by atoms with Crippen LogP contribution in [-0.4, -0.2) is 77.0 Å². The highest BCUT2D eigenvalue weighted by atomic mass is 16.3. The molecule has 6 heteroatoms. The summed E-state index contributed by atoms with van der Waals surface area (Å²) in [6.07, 6.45) is 9.49. The van der Waals surface area contributed by atoms with Gasteiger partial charge in [0.2, 0.25) is 0 Å². The van der Waals surface area contributed by atoms with Gasteiger partial charge in [0.15, 0.2) is 0 Å². The summed E-state index contributed by atoms with van der Waals surface area (Å²) in [5.74, 6) is 1.61. The Balaban J connectivity index is 1.03. The van der Waals surface area contributed by atoms with E-state index in [1.807, 2.05) is 0 Å². The zero-order chi connectivity index (χ0) is 29.5. The summed E-state index contributed by atoms with van der Waals surface area (Å²) in [6, 6.07) is 17.9. The molecule has 2 saturated carbocycles. The predicted molar refractivity (Wildman–Crippen MR) is 174 cm³/mol. The maximum Gasteiger partial charge on any atom is 0.0484 e. The lowest BCUT2D eigenvalue weighted by atomic mass is 9.55. The molecule has 6 nitrogen and oxygen atoms in total. The first-order valence-corrected chi connectivity index (χ1v) is 17.4. The molecule has 0 radical (unpaired) electrons. The number of benzene rings is 2. The highest BCUT2D eigenvalue weighted by Crippen LogP contribution is 2.64. The largest absolute Gasteiger partial charge is 0.396 e. The number of anilines is 2. The molecule has 2 aliphatic carbocycles. The van der Waals surface area contributed by atoms with E-state index in [4.69, 9.17) is 0 Å². The number of para-hydroxylation sites is 1. The van der Waals surface area contributed by atoms with Gasteiger partial charge in [-0.05, 0) is 91.6 Å². The summed E-state index contributed by atoms with van der Waals surface area (Å²) < 4.78 is 0. The van der Waals surface area contributed by atoms with Crippen LogP contribution in [0.2, 0.25) is 0 Å². The van der Waals surface area contributed by atoms with E-state index in [1.165, 1.54) is 52.1 Å². The number of piperidine rings is 1. The zero-order valence-corrected chi connectivity index (χ0v) is 26.0. The fourth-order valence-corrected chi connectivity index (χ4v) is 12.7. The van der Waals surface area contributed by atoms with Crippen LogP contribution in [0.1, 0.15) is 62.1 Å². The highest BCUT2D eigenvalue weighted by molar-refractivity contribution is 5.67. The first kappa shape index (κ1) is 26.4. The van der Waals surface area contributed by atoms with E-state index >= 15 is 0 Å². The first-order valence-electron chi connectivity index (χ1n) is 17.4. The van der Waals surface area contributed by atoms with Gasteiger partial charge >= 0.3 is 0 Å². The number of fused-ring (bicyclic) bond motifs is 4. The Kier molecular flexibility index (Phi) is 5.36. The number of nitrogens with zero attached hydrogens (tertiary/aromatic N) is 2. The van der Waals surface area contributed by atoms with Gasteiger partial charge in [0.05, 0.1) is 0 Å². The smallest absolute Gasteiger partial charge is 0.0484 e. The molecule has 44 heavy (non-hydrogen) atoms. The topological polar surface area (TPSA) is 71.0 Å². The molecule has 4 N–H and O–H groups in total. The number of hydrogen-bond donors (Lipinski definition) is 4. The third-order valence-electron chi connectivity index (χ3n) is 14.6. The van der Waals surface area contributed by atoms with Crippen LogP contribution in [0.4, 0.5) is 11.4 Å². The van der Waals surface area contributed by atoms with Crippen LogP contribution in [0.15, 0.2) is 65.9 Å². The maximum absolute atomic E-state index is 11.0. The van der Waals surface area contributed by atoms with E-state index in [-0.39, 0.29) is 53.9 Å². The van der Waals surface area contributed by atoms with Crippen molar-refractivity contribution in [1.29, 1.82) is 0 Å². The van der Waals surface area contributed by atoms with Gasteiger partial charge in [0.25, 0.3) is 0 Å². The zero-order valence-electron chi connectivity index (χ0n) is 26.0. The van der Waals surface area contributed by atoms with E-state index in [0.717, 1.165) is 32.5 Å². The second kappa shape index (κ2) is 8.92. The second-order valence-corrected chi connectivity index (χ2v) is 15.5. The molecule has 2 aromatic rings. The Morgan fingerprint density at radius 3 is 2.39 bits per heavy atom. The monoisotopic (exact) mass is 590 g/mol. The molecule has 3 saturated heterocycles. The van der Waals surface area contributed by atoms with Crippen LogP contribution in [-0.2, 0) is 10.8 Å². The normalized spacial score (nSPS) is 43.5. The van der Waals surface area contributed by atoms with Gasteiger partial charge in [-0.3, -0.25) is 4.90 Å². The van der Waals surface area contributed by atoms with Crippen LogP contribution in [0.5, 0.6) is 0 Å². The summed E-state index contributed by atoms with van der Waals surface area (Å²) in [4.78, 5) is 5.43. The Morgan fingerprint density at radius 1 is 0.886 bits per heavy atom. The number of rotatable bonds is 4. The lowest BCUT2D eigenvalue weighted by Crippen LogP contribution is -2.62. The van der Waals surface area contributed by atoms with Crippen LogP contribution < -0.4 is 10.6 Å². The molecule has 10 rings (SSSR count). The summed E-state index contributed by atoms with van der Waals surface area (Å²) in [5, 5.41) is 29.7. The Morgan fingerprint density at radius 2 is 1.59 bits per heavy atom. The Hall–Kier alpha value is -2.80. The van der Waals surface area contributed by atoms with Crippen LogP contribution in [0.25, 0.3) is 0 Å². The molecule has 0 amide bonds. The maximum atomic E-state index is 11.0. The third-order valence-corrected chi connectivity index (χ3v) is 14.6. The van der Waals surface area contributed by atoms with Gasteiger partial charge < -0.3 is 25.7 Å². The summed E-state index contributed by atoms with van der Waals surface area (Å²) >= 11 is 0. The fraction of sp³-hybridized carbons (Fsp3) is 0.579. The van der Waals surface area contributed by atoms with Crippen LogP contribution >= 0.6 is 0 Å². The van der Waals surface area contributed by atoms with Crippen molar-refractivity contribution in [2.75, 3.05) is 43.5 Å². The Labute approximate surface area is 261 Å². The lowest BCUT2D eigenvalue weighted by Gasteiger charge is -2.55. The Bertz CT molecular complexity index is 1620. The van der Waals surface area contributed by atoms with E-state index in [0.29, 0.717) is 23.9 Å². The van der Waals surface area contributed by atoms with Gasteiger partial charge in [-0.1, -0.05) is 48.9 Å². The molecule has 0 aromatic heterocycles. The highest BCUT2D eigenvalue weighted by Gasteiger charge is 2.66. The van der Waals surface area contributed by atoms with Gasteiger partial charge in [0.1, 0.15) is 0 Å². The van der Waals surface area contributed by atoms with Gasteiger partial charge in [-0.2, -0.15) is 0 Å². The molecular weight excluding hydrogens is 544 g/mol. The molecule has 11 atom stereocenters. The van der Waals surface area contributed by atoms with Crippen LogP contribution in [0, 0.1) is 23.7 Å². The molecule has 2 aromatic carbocycles. The lowest BCUT2D eigenvalue weighted by molar-refractivity contribution is 0.0298. The predicted octanol–water partition coefficient (Wildman–Crippen LogP) is 4.82. The fourth-order valence-electron chi connectivity index (χ4n) is 12.7. The summed E-state index contributed by atoms with van der Waals surface area (Å²) in [6.45, 7) is 8.38. The average Bonchev–Trinajstić information content (AvgIpc) is 3.82. The third kappa shape index (κ3) is 2.95. The van der Waals surface area contributed by atoms with Crippen molar-refractivity contribution in [2.24, 2.45) is 23.7 Å². The molecular formula is C38H46N4O2. The van der Waals surface area contributed by atoms with Crippen molar-refractivity contribution in [3.05, 3.63) is 82.6 Å². The van der Waals surface area contributed by atoms with Gasteiger partial charge in [-0.25, -0.2) is 0 Å². The number of allylic oxidation sites excluding steroid dienone is 2. The standard InChI is InChI=1S/C38H46N4O2/c1-3-22-17-41-12-11-38-30-14-23(8-9-32(30)40-35(38)27(19-43)24(22)15-33(38)41)21(2)26-18-42-13-10-37-29-6-4-5-7-31(29)39-36(37)28(20-44)25(26)16-34(37)42/h3-9,14,18,21,24-25,27-28,33-36,39-40,43-44H,10-13,15-17,19-20H2,1-2H3/b22-3-/t21-,24?,25+,27-,28+,33+,34+,35+,36+,37-,38-/m1/s1. The van der Waals surface area contributed by atoms with Crippen molar-refractivity contribution in [3.8, 4) is 0 Å². The SMILES string of the molecule is C/C=C1/CN2CC[C@]34c5cc([C@@H](C)C6=CN7CC[C@]89c%10ccccc%10N[C@H]8[C@@H](CO)[C@H]6C[C@H]79)ccc5N[C@H]3[C@H](CO)C1C[C@H]24. The van der Waals surface area contributed by atoms with Gasteiger partial charge in [-0.15, -0.1) is 0 Å². The van der Waals surface area contributed by atoms with Crippen molar-refractivity contribution >= 4 is 11.4 Å². The van der Waals surface area contributed by atoms with Crippen molar-refractivity contribution in [3.63, 3.8) is 0 Å². The quantitative estimate of drug-likeness (QED) is 0.383. The second-order valence-electron chi connectivity index (χ2n) is 15.5. The number of nitrogens with one attached hydrogen (secondary N) is 2. The molecule has 6 heterocycles. The average molecular weight is 591 g/mol. The summed E-state index contributed by atoms with van der Waals surface area (Å²) in [5.41, 5.74) is 10.2. The minimum atomic E-state index is 0.0762. The minimum absolute atomic E-state index is 0.0762. The van der Waals surface area contributed by atoms with Crippen LogP contribution in [0.3, 0.4) is 0 Å². The van der Waals surface area contributed by atoms with E-state index in [1.54, 1.807) is 0 Å². The van der Waals surface area contributed by atoms with E-state index in [9.17, 15) is 10.2 Å². The molecule has 4 bridgehead atoms.